The number of carbonyl (C=O) groups is 2. The summed E-state index contributed by atoms with van der Waals surface area (Å²) in [5.74, 6) is -0.971. The van der Waals surface area contributed by atoms with E-state index in [9.17, 15) is 23.3 Å². The van der Waals surface area contributed by atoms with E-state index in [-0.39, 0.29) is 22.8 Å². The SMILES string of the molecule is CC(=O)c1ccc(S(=O)(=O)N(C)CC(=O)OCc2c(C#N)c(C)nn2-c2ccccc2)cc1. The first-order valence-electron chi connectivity index (χ1n) is 9.92. The Balaban J connectivity index is 1.73. The summed E-state index contributed by atoms with van der Waals surface area (Å²) in [6.45, 7) is 2.28. The highest BCUT2D eigenvalue weighted by atomic mass is 32.2. The summed E-state index contributed by atoms with van der Waals surface area (Å²) in [5.41, 5.74) is 2.25. The first-order valence-corrected chi connectivity index (χ1v) is 11.4. The van der Waals surface area contributed by atoms with Crippen molar-refractivity contribution in [3.05, 3.63) is 77.1 Å². The normalized spacial score (nSPS) is 11.2. The van der Waals surface area contributed by atoms with Crippen molar-refractivity contribution >= 4 is 21.8 Å². The monoisotopic (exact) mass is 466 g/mol. The summed E-state index contributed by atoms with van der Waals surface area (Å²) in [6, 6.07) is 16.6. The summed E-state index contributed by atoms with van der Waals surface area (Å²) in [6.07, 6.45) is 0. The molecular weight excluding hydrogens is 444 g/mol. The van der Waals surface area contributed by atoms with Crippen LogP contribution in [0.3, 0.4) is 0 Å². The van der Waals surface area contributed by atoms with Gasteiger partial charge in [0.1, 0.15) is 24.8 Å². The maximum atomic E-state index is 12.7. The molecule has 0 aliphatic carbocycles. The molecular formula is C23H22N4O5S. The summed E-state index contributed by atoms with van der Waals surface area (Å²) in [5, 5.41) is 13.9. The Labute approximate surface area is 191 Å². The number of aromatic nitrogens is 2. The van der Waals surface area contributed by atoms with Crippen molar-refractivity contribution in [2.24, 2.45) is 0 Å². The van der Waals surface area contributed by atoms with Crippen LogP contribution in [0.1, 0.15) is 34.2 Å². The van der Waals surface area contributed by atoms with Crippen LogP contribution in [0.15, 0.2) is 59.5 Å². The molecule has 1 aromatic heterocycles. The summed E-state index contributed by atoms with van der Waals surface area (Å²) in [4.78, 5) is 23.8. The highest BCUT2D eigenvalue weighted by Crippen LogP contribution is 2.20. The van der Waals surface area contributed by atoms with Crippen LogP contribution >= 0.6 is 0 Å². The number of hydrogen-bond donors (Lipinski definition) is 0. The lowest BCUT2D eigenvalue weighted by molar-refractivity contribution is -0.145. The minimum atomic E-state index is -3.97. The molecule has 0 bridgehead atoms. The molecule has 3 aromatic rings. The number of sulfonamides is 1. The maximum Gasteiger partial charge on any atom is 0.321 e. The molecule has 0 atom stereocenters. The minimum Gasteiger partial charge on any atom is -0.458 e. The largest absolute Gasteiger partial charge is 0.458 e. The first-order chi connectivity index (χ1) is 15.6. The smallest absolute Gasteiger partial charge is 0.321 e. The summed E-state index contributed by atoms with van der Waals surface area (Å²) in [7, 11) is -2.71. The molecule has 0 saturated carbocycles. The number of para-hydroxylation sites is 1. The van der Waals surface area contributed by atoms with Gasteiger partial charge in [0.2, 0.25) is 10.0 Å². The second kappa shape index (κ2) is 9.77. The second-order valence-electron chi connectivity index (χ2n) is 7.27. The van der Waals surface area contributed by atoms with Crippen molar-refractivity contribution in [1.29, 1.82) is 5.26 Å². The Morgan fingerprint density at radius 2 is 1.76 bits per heavy atom. The van der Waals surface area contributed by atoms with Crippen molar-refractivity contribution in [2.45, 2.75) is 25.3 Å². The molecule has 170 valence electrons. The molecule has 0 aliphatic heterocycles. The molecule has 9 nitrogen and oxygen atoms in total. The zero-order valence-electron chi connectivity index (χ0n) is 18.3. The number of Topliss-reactive ketones (excluding diaryl/α,β-unsaturated/α-hetero) is 1. The number of aryl methyl sites for hydroxylation is 1. The van der Waals surface area contributed by atoms with E-state index in [1.807, 2.05) is 18.2 Å². The van der Waals surface area contributed by atoms with E-state index in [2.05, 4.69) is 11.2 Å². The van der Waals surface area contributed by atoms with Gasteiger partial charge in [-0.2, -0.15) is 14.7 Å². The van der Waals surface area contributed by atoms with E-state index in [1.165, 1.54) is 42.9 Å². The number of ether oxygens (including phenoxy) is 1. The number of rotatable bonds is 8. The topological polar surface area (TPSA) is 122 Å². The predicted molar refractivity (Wildman–Crippen MR) is 119 cm³/mol. The molecule has 0 saturated heterocycles. The molecule has 0 spiro atoms. The van der Waals surface area contributed by atoms with E-state index in [1.54, 1.807) is 19.1 Å². The Bertz CT molecular complexity index is 1320. The molecule has 0 unspecified atom stereocenters. The number of carbonyl (C=O) groups excluding carboxylic acids is 2. The lowest BCUT2D eigenvalue weighted by Gasteiger charge is -2.17. The van der Waals surface area contributed by atoms with Gasteiger partial charge in [0.15, 0.2) is 5.78 Å². The number of ketones is 1. The Morgan fingerprint density at radius 1 is 1.12 bits per heavy atom. The van der Waals surface area contributed by atoms with Crippen LogP contribution in [-0.2, 0) is 26.2 Å². The van der Waals surface area contributed by atoms with Crippen molar-refractivity contribution in [3.63, 3.8) is 0 Å². The lowest BCUT2D eigenvalue weighted by atomic mass is 10.2. The average Bonchev–Trinajstić information content (AvgIpc) is 3.13. The summed E-state index contributed by atoms with van der Waals surface area (Å²) < 4.78 is 33.2. The quantitative estimate of drug-likeness (QED) is 0.369. The van der Waals surface area contributed by atoms with E-state index >= 15 is 0 Å². The van der Waals surface area contributed by atoms with Gasteiger partial charge in [0.25, 0.3) is 0 Å². The highest BCUT2D eigenvalue weighted by molar-refractivity contribution is 7.89. The molecule has 1 heterocycles. The van der Waals surface area contributed by atoms with Gasteiger partial charge in [0, 0.05) is 12.6 Å². The van der Waals surface area contributed by atoms with Crippen molar-refractivity contribution in [3.8, 4) is 11.8 Å². The number of hydrogen-bond acceptors (Lipinski definition) is 7. The van der Waals surface area contributed by atoms with Gasteiger partial charge in [0.05, 0.1) is 22.0 Å². The molecule has 10 heteroatoms. The molecule has 0 fully saturated rings. The van der Waals surface area contributed by atoms with E-state index < -0.39 is 22.5 Å². The van der Waals surface area contributed by atoms with Crippen LogP contribution in [0.2, 0.25) is 0 Å². The van der Waals surface area contributed by atoms with E-state index in [0.29, 0.717) is 22.6 Å². The van der Waals surface area contributed by atoms with Gasteiger partial charge in [-0.1, -0.05) is 30.3 Å². The molecule has 0 radical (unpaired) electrons. The Morgan fingerprint density at radius 3 is 2.33 bits per heavy atom. The van der Waals surface area contributed by atoms with Crippen LogP contribution in [-0.4, -0.2) is 47.8 Å². The highest BCUT2D eigenvalue weighted by Gasteiger charge is 2.25. The van der Waals surface area contributed by atoms with Gasteiger partial charge >= 0.3 is 5.97 Å². The third kappa shape index (κ3) is 5.16. The third-order valence-corrected chi connectivity index (χ3v) is 6.78. The van der Waals surface area contributed by atoms with Crippen molar-refractivity contribution < 1.29 is 22.7 Å². The third-order valence-electron chi connectivity index (χ3n) is 4.96. The van der Waals surface area contributed by atoms with E-state index in [4.69, 9.17) is 4.74 Å². The fourth-order valence-corrected chi connectivity index (χ4v) is 4.25. The van der Waals surface area contributed by atoms with Crippen LogP contribution in [0.4, 0.5) is 0 Å². The molecule has 33 heavy (non-hydrogen) atoms. The van der Waals surface area contributed by atoms with Crippen molar-refractivity contribution in [1.82, 2.24) is 14.1 Å². The zero-order chi connectivity index (χ0) is 24.2. The average molecular weight is 467 g/mol. The van der Waals surface area contributed by atoms with Gasteiger partial charge in [-0.05, 0) is 38.1 Å². The number of likely N-dealkylation sites (N-methyl/N-ethyl adjacent to an activating group) is 1. The van der Waals surface area contributed by atoms with Crippen LogP contribution in [0, 0.1) is 18.3 Å². The number of nitriles is 1. The molecule has 0 amide bonds. The van der Waals surface area contributed by atoms with Gasteiger partial charge in [-0.15, -0.1) is 0 Å². The Hall–Kier alpha value is -3.81. The van der Waals surface area contributed by atoms with Gasteiger partial charge < -0.3 is 4.74 Å². The molecule has 2 aromatic carbocycles. The molecule has 3 rings (SSSR count). The number of benzene rings is 2. The number of nitrogens with zero attached hydrogens (tertiary/aromatic N) is 4. The molecule has 0 aliphatic rings. The van der Waals surface area contributed by atoms with Crippen LogP contribution in [0.25, 0.3) is 5.69 Å². The standard InChI is InChI=1S/C23H22N4O5S/c1-16-21(13-24)22(27(25-16)19-7-5-4-6-8-19)15-32-23(29)14-26(3)33(30,31)20-11-9-18(10-12-20)17(2)28/h4-12H,14-15H2,1-3H3. The van der Waals surface area contributed by atoms with E-state index in [0.717, 1.165) is 4.31 Å². The van der Waals surface area contributed by atoms with Crippen LogP contribution in [0.5, 0.6) is 0 Å². The maximum absolute atomic E-state index is 12.7. The van der Waals surface area contributed by atoms with Gasteiger partial charge in [-0.3, -0.25) is 9.59 Å². The van der Waals surface area contributed by atoms with Crippen LogP contribution < -0.4 is 0 Å². The Kier molecular flexibility index (Phi) is 7.06. The summed E-state index contributed by atoms with van der Waals surface area (Å²) >= 11 is 0. The predicted octanol–water partition coefficient (Wildman–Crippen LogP) is 2.62. The fourth-order valence-electron chi connectivity index (χ4n) is 3.14. The molecule has 0 N–H and O–H groups in total. The first kappa shape index (κ1) is 23.8. The fraction of sp³-hybridized carbons (Fsp3) is 0.217. The van der Waals surface area contributed by atoms with Crippen molar-refractivity contribution in [2.75, 3.05) is 13.6 Å². The number of esters is 1. The zero-order valence-corrected chi connectivity index (χ0v) is 19.2. The lowest BCUT2D eigenvalue weighted by Crippen LogP contribution is -2.33. The minimum absolute atomic E-state index is 0.0488. The van der Waals surface area contributed by atoms with Gasteiger partial charge in [-0.25, -0.2) is 13.1 Å². The second-order valence-corrected chi connectivity index (χ2v) is 9.31.